The van der Waals surface area contributed by atoms with E-state index in [1.807, 2.05) is 0 Å². The Morgan fingerprint density at radius 2 is 1.56 bits per heavy atom. The highest BCUT2D eigenvalue weighted by Crippen LogP contribution is 2.41. The number of hydrogen-bond donors (Lipinski definition) is 1. The second kappa shape index (κ2) is 6.78. The fourth-order valence-electron chi connectivity index (χ4n) is 2.75. The standard InChI is InChI=1S/C18H13Cl2NO4/c1-25-18(24)14-15(10-2-4-11(19)5-3-10)21(17(23)16(14)22)13-8-6-12(20)7-9-13/h2-9,15,22H,1H3. The van der Waals surface area contributed by atoms with Crippen molar-refractivity contribution in [2.75, 3.05) is 12.0 Å². The SMILES string of the molecule is COC(=O)C1=C(O)C(=O)N(c2ccc(Cl)cc2)C1c1ccc(Cl)cc1. The smallest absolute Gasteiger partial charge is 0.340 e. The van der Waals surface area contributed by atoms with Crippen molar-refractivity contribution in [1.82, 2.24) is 0 Å². The number of hydrogen-bond acceptors (Lipinski definition) is 4. The third-order valence-corrected chi connectivity index (χ3v) is 4.41. The van der Waals surface area contributed by atoms with Crippen molar-refractivity contribution in [3.8, 4) is 0 Å². The molecule has 25 heavy (non-hydrogen) atoms. The summed E-state index contributed by atoms with van der Waals surface area (Å²) >= 11 is 11.8. The number of aliphatic hydroxyl groups is 1. The van der Waals surface area contributed by atoms with Gasteiger partial charge in [0.15, 0.2) is 5.76 Å². The molecule has 1 aliphatic rings. The highest BCUT2D eigenvalue weighted by Gasteiger charge is 2.45. The Balaban J connectivity index is 2.16. The molecule has 1 N–H and O–H groups in total. The van der Waals surface area contributed by atoms with Crippen LogP contribution in [0.25, 0.3) is 0 Å². The minimum absolute atomic E-state index is 0.121. The van der Waals surface area contributed by atoms with Gasteiger partial charge in [0.25, 0.3) is 5.91 Å². The molecule has 7 heteroatoms. The predicted molar refractivity (Wildman–Crippen MR) is 94.8 cm³/mol. The Kier molecular flexibility index (Phi) is 4.70. The molecule has 2 aromatic rings. The van der Waals surface area contributed by atoms with Crippen LogP contribution >= 0.6 is 23.2 Å². The lowest BCUT2D eigenvalue weighted by atomic mass is 9.99. The second-order valence-electron chi connectivity index (χ2n) is 5.36. The molecule has 1 unspecified atom stereocenters. The van der Waals surface area contributed by atoms with Crippen molar-refractivity contribution in [2.24, 2.45) is 0 Å². The summed E-state index contributed by atoms with van der Waals surface area (Å²) in [5, 5.41) is 11.3. The van der Waals surface area contributed by atoms with Crippen molar-refractivity contribution in [2.45, 2.75) is 6.04 Å². The summed E-state index contributed by atoms with van der Waals surface area (Å²) in [6.07, 6.45) is 0. The average Bonchev–Trinajstić information content (AvgIpc) is 2.87. The zero-order valence-electron chi connectivity index (χ0n) is 13.1. The lowest BCUT2D eigenvalue weighted by Crippen LogP contribution is -2.31. The van der Waals surface area contributed by atoms with Crippen molar-refractivity contribution >= 4 is 40.8 Å². The molecule has 0 saturated carbocycles. The number of anilines is 1. The maximum absolute atomic E-state index is 12.6. The molecule has 1 aliphatic heterocycles. The highest BCUT2D eigenvalue weighted by molar-refractivity contribution is 6.31. The molecule has 2 aromatic carbocycles. The van der Waals surface area contributed by atoms with E-state index in [4.69, 9.17) is 27.9 Å². The van der Waals surface area contributed by atoms with Gasteiger partial charge in [-0.1, -0.05) is 35.3 Å². The first-order chi connectivity index (χ1) is 11.9. The molecule has 0 fully saturated rings. The van der Waals surface area contributed by atoms with Gasteiger partial charge in [0.1, 0.15) is 5.57 Å². The second-order valence-corrected chi connectivity index (χ2v) is 6.23. The van der Waals surface area contributed by atoms with Crippen LogP contribution in [-0.2, 0) is 14.3 Å². The molecule has 0 aromatic heterocycles. The average molecular weight is 378 g/mol. The van der Waals surface area contributed by atoms with Gasteiger partial charge in [-0.15, -0.1) is 0 Å². The Labute approximate surface area is 154 Å². The number of carbonyl (C=O) groups excluding carboxylic acids is 2. The molecule has 0 bridgehead atoms. The van der Waals surface area contributed by atoms with Crippen LogP contribution in [0.15, 0.2) is 59.9 Å². The summed E-state index contributed by atoms with van der Waals surface area (Å²) in [7, 11) is 1.19. The fourth-order valence-corrected chi connectivity index (χ4v) is 3.00. The Bertz CT molecular complexity index is 860. The summed E-state index contributed by atoms with van der Waals surface area (Å²) in [6.45, 7) is 0. The maximum Gasteiger partial charge on any atom is 0.340 e. The van der Waals surface area contributed by atoms with Crippen LogP contribution < -0.4 is 4.90 Å². The van der Waals surface area contributed by atoms with Crippen LogP contribution in [0.2, 0.25) is 10.0 Å². The van der Waals surface area contributed by atoms with E-state index < -0.39 is 23.7 Å². The van der Waals surface area contributed by atoms with E-state index in [1.165, 1.54) is 12.0 Å². The third-order valence-electron chi connectivity index (χ3n) is 3.90. The Morgan fingerprint density at radius 1 is 1.04 bits per heavy atom. The van der Waals surface area contributed by atoms with Gasteiger partial charge in [0, 0.05) is 15.7 Å². The van der Waals surface area contributed by atoms with Crippen LogP contribution in [-0.4, -0.2) is 24.1 Å². The van der Waals surface area contributed by atoms with E-state index in [1.54, 1.807) is 48.5 Å². The first-order valence-corrected chi connectivity index (χ1v) is 8.05. The molecular weight excluding hydrogens is 365 g/mol. The molecule has 1 heterocycles. The highest BCUT2D eigenvalue weighted by atomic mass is 35.5. The molecule has 1 amide bonds. The number of rotatable bonds is 3. The Morgan fingerprint density at radius 3 is 2.08 bits per heavy atom. The number of halogens is 2. The monoisotopic (exact) mass is 377 g/mol. The predicted octanol–water partition coefficient (Wildman–Crippen LogP) is 4.07. The topological polar surface area (TPSA) is 66.8 Å². The zero-order valence-corrected chi connectivity index (χ0v) is 14.6. The van der Waals surface area contributed by atoms with Crippen molar-refractivity contribution < 1.29 is 19.4 Å². The summed E-state index contributed by atoms with van der Waals surface area (Å²) in [5.74, 6) is -2.10. The van der Waals surface area contributed by atoms with E-state index in [2.05, 4.69) is 0 Å². The summed E-state index contributed by atoms with van der Waals surface area (Å²) in [4.78, 5) is 26.1. The molecule has 3 rings (SSSR count). The van der Waals surface area contributed by atoms with Gasteiger partial charge in [-0.2, -0.15) is 0 Å². The number of methoxy groups -OCH3 is 1. The lowest BCUT2D eigenvalue weighted by molar-refractivity contribution is -0.136. The van der Waals surface area contributed by atoms with Crippen LogP contribution in [0.3, 0.4) is 0 Å². The van der Waals surface area contributed by atoms with Crippen LogP contribution in [0, 0.1) is 0 Å². The number of carbonyl (C=O) groups is 2. The van der Waals surface area contributed by atoms with Crippen molar-refractivity contribution in [1.29, 1.82) is 0 Å². The number of ether oxygens (including phenoxy) is 1. The van der Waals surface area contributed by atoms with E-state index in [0.717, 1.165) is 0 Å². The minimum Gasteiger partial charge on any atom is -0.503 e. The largest absolute Gasteiger partial charge is 0.503 e. The summed E-state index contributed by atoms with van der Waals surface area (Å²) in [6, 6.07) is 12.3. The first-order valence-electron chi connectivity index (χ1n) is 7.30. The number of aliphatic hydroxyl groups excluding tert-OH is 1. The number of benzene rings is 2. The molecule has 0 aliphatic carbocycles. The summed E-state index contributed by atoms with van der Waals surface area (Å²) in [5.41, 5.74) is 0.974. The van der Waals surface area contributed by atoms with Gasteiger partial charge in [-0.05, 0) is 42.0 Å². The molecule has 1 atom stereocenters. The molecule has 5 nitrogen and oxygen atoms in total. The van der Waals surface area contributed by atoms with Gasteiger partial charge in [0.2, 0.25) is 0 Å². The Hall–Kier alpha value is -2.50. The van der Waals surface area contributed by atoms with Gasteiger partial charge >= 0.3 is 5.97 Å². The van der Waals surface area contributed by atoms with Crippen LogP contribution in [0.4, 0.5) is 5.69 Å². The van der Waals surface area contributed by atoms with Crippen LogP contribution in [0.1, 0.15) is 11.6 Å². The van der Waals surface area contributed by atoms with Gasteiger partial charge in [-0.3, -0.25) is 9.69 Å². The van der Waals surface area contributed by atoms with Crippen LogP contribution in [0.5, 0.6) is 0 Å². The zero-order chi connectivity index (χ0) is 18.1. The van der Waals surface area contributed by atoms with Crippen molar-refractivity contribution in [3.63, 3.8) is 0 Å². The van der Waals surface area contributed by atoms with E-state index in [-0.39, 0.29) is 5.57 Å². The number of nitrogens with zero attached hydrogens (tertiary/aromatic N) is 1. The number of esters is 1. The molecule has 128 valence electrons. The van der Waals surface area contributed by atoms with Gasteiger partial charge in [0.05, 0.1) is 13.2 Å². The van der Waals surface area contributed by atoms with E-state index in [0.29, 0.717) is 21.3 Å². The van der Waals surface area contributed by atoms with Crippen molar-refractivity contribution in [3.05, 3.63) is 75.5 Å². The molecule has 0 saturated heterocycles. The molecule has 0 radical (unpaired) electrons. The van der Waals surface area contributed by atoms with E-state index in [9.17, 15) is 14.7 Å². The maximum atomic E-state index is 12.6. The van der Waals surface area contributed by atoms with Gasteiger partial charge in [-0.25, -0.2) is 4.79 Å². The quantitative estimate of drug-likeness (QED) is 0.818. The molecular formula is C18H13Cl2NO4. The lowest BCUT2D eigenvalue weighted by Gasteiger charge is -2.26. The first kappa shape index (κ1) is 17.3. The minimum atomic E-state index is -0.835. The summed E-state index contributed by atoms with van der Waals surface area (Å²) < 4.78 is 4.75. The van der Waals surface area contributed by atoms with E-state index >= 15 is 0 Å². The number of amides is 1. The molecule has 0 spiro atoms. The fraction of sp³-hybridized carbons (Fsp3) is 0.111. The van der Waals surface area contributed by atoms with Gasteiger partial charge < -0.3 is 9.84 Å². The normalized spacial score (nSPS) is 17.2. The third kappa shape index (κ3) is 3.08.